The van der Waals surface area contributed by atoms with Crippen LogP contribution in [0.1, 0.15) is 44.9 Å². The minimum Gasteiger partial charge on any atom is -0.468 e. The zero-order valence-electron chi connectivity index (χ0n) is 15.5. The van der Waals surface area contributed by atoms with E-state index in [0.29, 0.717) is 0 Å². The smallest absolute Gasteiger partial charge is 0.191 e. The Bertz CT molecular complexity index is 495. The first-order chi connectivity index (χ1) is 11.6. The molecule has 0 amide bonds. The molecule has 5 nitrogen and oxygen atoms in total. The van der Waals surface area contributed by atoms with E-state index in [1.807, 2.05) is 24.9 Å². The molecule has 1 aromatic heterocycles. The molecule has 0 aliphatic carbocycles. The standard InChI is InChI=1S/C18H32N4OS/c1-18(2,24-4)14-21-17(19-3)20-13-15(16-9-8-12-23-16)22-10-6-5-7-11-22/h8-9,12,15H,5-7,10-11,13-14H2,1-4H3,(H2,19,20,21). The van der Waals surface area contributed by atoms with E-state index in [9.17, 15) is 0 Å². The second-order valence-corrected chi connectivity index (χ2v) is 8.41. The van der Waals surface area contributed by atoms with Crippen LogP contribution < -0.4 is 10.6 Å². The average molecular weight is 353 g/mol. The fourth-order valence-electron chi connectivity index (χ4n) is 2.90. The molecule has 0 aromatic carbocycles. The van der Waals surface area contributed by atoms with Crippen LogP contribution in [0.15, 0.2) is 27.8 Å². The predicted octanol–water partition coefficient (Wildman–Crippen LogP) is 3.11. The van der Waals surface area contributed by atoms with Crippen molar-refractivity contribution in [2.75, 3.05) is 39.5 Å². The Kier molecular flexibility index (Phi) is 7.49. The number of aliphatic imine (C=N–C) groups is 1. The highest BCUT2D eigenvalue weighted by atomic mass is 32.2. The Balaban J connectivity index is 1.93. The highest BCUT2D eigenvalue weighted by molar-refractivity contribution is 7.99. The van der Waals surface area contributed by atoms with Crippen LogP contribution in [0.3, 0.4) is 0 Å². The molecule has 6 heteroatoms. The summed E-state index contributed by atoms with van der Waals surface area (Å²) in [5.74, 6) is 1.88. The van der Waals surface area contributed by atoms with Gasteiger partial charge in [0.25, 0.3) is 0 Å². The van der Waals surface area contributed by atoms with Gasteiger partial charge in [-0.1, -0.05) is 6.42 Å². The fraction of sp³-hybridized carbons (Fsp3) is 0.722. The van der Waals surface area contributed by atoms with Gasteiger partial charge in [0.1, 0.15) is 5.76 Å². The van der Waals surface area contributed by atoms with Crippen LogP contribution in [0.2, 0.25) is 0 Å². The topological polar surface area (TPSA) is 52.8 Å². The summed E-state index contributed by atoms with van der Waals surface area (Å²) >= 11 is 1.86. The Hall–Kier alpha value is -1.14. The summed E-state index contributed by atoms with van der Waals surface area (Å²) in [7, 11) is 1.82. The van der Waals surface area contributed by atoms with Gasteiger partial charge in [0.05, 0.1) is 12.3 Å². The number of hydrogen-bond donors (Lipinski definition) is 2. The molecule has 24 heavy (non-hydrogen) atoms. The number of guanidine groups is 1. The van der Waals surface area contributed by atoms with Gasteiger partial charge in [0.2, 0.25) is 0 Å². The van der Waals surface area contributed by atoms with E-state index < -0.39 is 0 Å². The number of hydrogen-bond acceptors (Lipinski definition) is 4. The largest absolute Gasteiger partial charge is 0.468 e. The lowest BCUT2D eigenvalue weighted by Crippen LogP contribution is -2.47. The van der Waals surface area contributed by atoms with Gasteiger partial charge in [-0.15, -0.1) is 0 Å². The Morgan fingerprint density at radius 2 is 2.08 bits per heavy atom. The van der Waals surface area contributed by atoms with Gasteiger partial charge < -0.3 is 15.1 Å². The Morgan fingerprint density at radius 1 is 1.33 bits per heavy atom. The first-order valence-electron chi connectivity index (χ1n) is 8.83. The maximum atomic E-state index is 5.70. The highest BCUT2D eigenvalue weighted by Gasteiger charge is 2.25. The molecule has 1 aromatic rings. The maximum absolute atomic E-state index is 5.70. The van der Waals surface area contributed by atoms with E-state index >= 15 is 0 Å². The van der Waals surface area contributed by atoms with Gasteiger partial charge in [-0.3, -0.25) is 9.89 Å². The van der Waals surface area contributed by atoms with Crippen molar-refractivity contribution >= 4 is 17.7 Å². The van der Waals surface area contributed by atoms with Crippen LogP contribution in [-0.2, 0) is 0 Å². The molecule has 136 valence electrons. The molecule has 0 spiro atoms. The lowest BCUT2D eigenvalue weighted by Gasteiger charge is -2.34. The summed E-state index contributed by atoms with van der Waals surface area (Å²) in [6.45, 7) is 8.42. The minimum absolute atomic E-state index is 0.185. The number of rotatable bonds is 7. The van der Waals surface area contributed by atoms with Gasteiger partial charge in [-0.25, -0.2) is 0 Å². The summed E-state index contributed by atoms with van der Waals surface area (Å²) in [6.07, 6.45) is 7.78. The van der Waals surface area contributed by atoms with E-state index in [0.717, 1.165) is 37.9 Å². The zero-order valence-corrected chi connectivity index (χ0v) is 16.3. The van der Waals surface area contributed by atoms with Crippen LogP contribution in [0.5, 0.6) is 0 Å². The van der Waals surface area contributed by atoms with E-state index in [4.69, 9.17) is 4.42 Å². The summed E-state index contributed by atoms with van der Waals surface area (Å²) in [5.41, 5.74) is 0. The Labute approximate surface area is 150 Å². The second-order valence-electron chi connectivity index (χ2n) is 6.90. The average Bonchev–Trinajstić information content (AvgIpc) is 3.13. The van der Waals surface area contributed by atoms with Crippen molar-refractivity contribution in [2.45, 2.75) is 43.9 Å². The summed E-state index contributed by atoms with van der Waals surface area (Å²) in [5, 5.41) is 6.91. The normalized spacial score (nSPS) is 18.4. The lowest BCUT2D eigenvalue weighted by atomic mass is 10.1. The lowest BCUT2D eigenvalue weighted by molar-refractivity contribution is 0.146. The highest BCUT2D eigenvalue weighted by Crippen LogP contribution is 2.24. The van der Waals surface area contributed by atoms with Gasteiger partial charge >= 0.3 is 0 Å². The minimum atomic E-state index is 0.185. The molecule has 2 rings (SSSR count). The van der Waals surface area contributed by atoms with Crippen LogP contribution >= 0.6 is 11.8 Å². The number of piperidine rings is 1. The zero-order chi connectivity index (χ0) is 17.4. The quantitative estimate of drug-likeness (QED) is 0.583. The molecule has 1 fully saturated rings. The van der Waals surface area contributed by atoms with Crippen molar-refractivity contribution in [2.24, 2.45) is 4.99 Å². The van der Waals surface area contributed by atoms with Gasteiger partial charge in [0, 0.05) is 24.9 Å². The molecule has 1 atom stereocenters. The van der Waals surface area contributed by atoms with Gasteiger partial charge in [0.15, 0.2) is 5.96 Å². The first-order valence-corrected chi connectivity index (χ1v) is 10.1. The number of thioether (sulfide) groups is 1. The molecule has 2 heterocycles. The molecular weight excluding hydrogens is 320 g/mol. The summed E-state index contributed by atoms with van der Waals surface area (Å²) in [6, 6.07) is 4.31. The molecule has 0 bridgehead atoms. The van der Waals surface area contributed by atoms with Crippen LogP contribution in [0, 0.1) is 0 Å². The number of likely N-dealkylation sites (tertiary alicyclic amines) is 1. The van der Waals surface area contributed by atoms with E-state index in [1.165, 1.54) is 19.3 Å². The predicted molar refractivity (Wildman–Crippen MR) is 104 cm³/mol. The second kappa shape index (κ2) is 9.37. The number of nitrogens with zero attached hydrogens (tertiary/aromatic N) is 2. The van der Waals surface area contributed by atoms with Gasteiger partial charge in [-0.05, 0) is 58.2 Å². The van der Waals surface area contributed by atoms with E-state index in [2.05, 4.69) is 46.7 Å². The molecular formula is C18H32N4OS. The molecule has 1 unspecified atom stereocenters. The molecule has 1 saturated heterocycles. The molecule has 0 radical (unpaired) electrons. The van der Waals surface area contributed by atoms with Crippen LogP contribution in [0.4, 0.5) is 0 Å². The third-order valence-electron chi connectivity index (χ3n) is 4.62. The number of nitrogens with one attached hydrogen (secondary N) is 2. The summed E-state index contributed by atoms with van der Waals surface area (Å²) < 4.78 is 5.89. The van der Waals surface area contributed by atoms with Crippen LogP contribution in [-0.4, -0.2) is 55.1 Å². The van der Waals surface area contributed by atoms with E-state index in [1.54, 1.807) is 6.26 Å². The van der Waals surface area contributed by atoms with Crippen molar-refractivity contribution in [1.82, 2.24) is 15.5 Å². The first kappa shape index (κ1) is 19.2. The monoisotopic (exact) mass is 352 g/mol. The molecule has 1 aliphatic rings. The van der Waals surface area contributed by atoms with Crippen molar-refractivity contribution < 1.29 is 4.42 Å². The Morgan fingerprint density at radius 3 is 2.67 bits per heavy atom. The summed E-state index contributed by atoms with van der Waals surface area (Å²) in [4.78, 5) is 6.88. The fourth-order valence-corrected chi connectivity index (χ4v) is 3.12. The van der Waals surface area contributed by atoms with Crippen molar-refractivity contribution in [3.05, 3.63) is 24.2 Å². The van der Waals surface area contributed by atoms with Crippen molar-refractivity contribution in [1.29, 1.82) is 0 Å². The van der Waals surface area contributed by atoms with E-state index in [-0.39, 0.29) is 10.8 Å². The SMILES string of the molecule is CN=C(NCC(c1ccco1)N1CCCCC1)NCC(C)(C)SC. The van der Waals surface area contributed by atoms with Gasteiger partial charge in [-0.2, -0.15) is 11.8 Å². The molecule has 0 saturated carbocycles. The number of furan rings is 1. The maximum Gasteiger partial charge on any atom is 0.191 e. The molecule has 1 aliphatic heterocycles. The third kappa shape index (κ3) is 5.74. The van der Waals surface area contributed by atoms with Crippen molar-refractivity contribution in [3.8, 4) is 0 Å². The molecule has 2 N–H and O–H groups in total. The third-order valence-corrected chi connectivity index (χ3v) is 5.87. The van der Waals surface area contributed by atoms with Crippen LogP contribution in [0.25, 0.3) is 0 Å². The van der Waals surface area contributed by atoms with Crippen molar-refractivity contribution in [3.63, 3.8) is 0 Å².